The van der Waals surface area contributed by atoms with E-state index in [0.717, 1.165) is 5.92 Å². The van der Waals surface area contributed by atoms with Crippen molar-refractivity contribution in [1.29, 1.82) is 0 Å². The van der Waals surface area contributed by atoms with E-state index in [1.165, 1.54) is 43.4 Å². The molecule has 0 spiro atoms. The first-order chi connectivity index (χ1) is 7.79. The third-order valence-corrected chi connectivity index (χ3v) is 3.50. The number of unbranched alkanes of at least 4 members (excludes halogenated alkanes) is 1. The van der Waals surface area contributed by atoms with Crippen LogP contribution in [0.3, 0.4) is 0 Å². The van der Waals surface area contributed by atoms with Gasteiger partial charge in [-0.3, -0.25) is 0 Å². The molecule has 0 amide bonds. The lowest BCUT2D eigenvalue weighted by atomic mass is 10.1. The van der Waals surface area contributed by atoms with Gasteiger partial charge in [-0.05, 0) is 56.2 Å². The monoisotopic (exact) mass is 217 g/mol. The molecule has 1 fully saturated rings. The number of rotatable bonds is 6. The van der Waals surface area contributed by atoms with Gasteiger partial charge in [0, 0.05) is 11.7 Å². The van der Waals surface area contributed by atoms with Crippen LogP contribution in [0, 0.1) is 5.92 Å². The molecular formula is C15H23N. The van der Waals surface area contributed by atoms with E-state index in [9.17, 15) is 0 Å². The molecule has 0 saturated heterocycles. The molecule has 0 radical (unpaired) electrons. The van der Waals surface area contributed by atoms with Crippen molar-refractivity contribution in [2.45, 2.75) is 52.0 Å². The fourth-order valence-electron chi connectivity index (χ4n) is 2.13. The van der Waals surface area contributed by atoms with Crippen molar-refractivity contribution in [3.05, 3.63) is 29.8 Å². The molecule has 1 aromatic carbocycles. The first kappa shape index (κ1) is 11.5. The highest BCUT2D eigenvalue weighted by molar-refractivity contribution is 5.45. The molecule has 16 heavy (non-hydrogen) atoms. The van der Waals surface area contributed by atoms with E-state index >= 15 is 0 Å². The largest absolute Gasteiger partial charge is 0.382 e. The Morgan fingerprint density at radius 2 is 1.94 bits per heavy atom. The number of benzene rings is 1. The van der Waals surface area contributed by atoms with Gasteiger partial charge in [-0.15, -0.1) is 0 Å². The van der Waals surface area contributed by atoms with Crippen molar-refractivity contribution in [2.24, 2.45) is 5.92 Å². The Balaban J connectivity index is 1.85. The van der Waals surface area contributed by atoms with Crippen molar-refractivity contribution < 1.29 is 0 Å². The van der Waals surface area contributed by atoms with Crippen LogP contribution < -0.4 is 5.32 Å². The van der Waals surface area contributed by atoms with Crippen LogP contribution in [0.1, 0.15) is 45.1 Å². The SMILES string of the molecule is CCCCc1ccc(NC(C)C2CC2)cc1. The Bertz CT molecular complexity index is 311. The lowest BCUT2D eigenvalue weighted by molar-refractivity contribution is 0.694. The maximum Gasteiger partial charge on any atom is 0.0342 e. The van der Waals surface area contributed by atoms with Crippen molar-refractivity contribution in [1.82, 2.24) is 0 Å². The zero-order chi connectivity index (χ0) is 11.4. The second-order valence-corrected chi connectivity index (χ2v) is 5.07. The summed E-state index contributed by atoms with van der Waals surface area (Å²) in [5.41, 5.74) is 2.74. The highest BCUT2D eigenvalue weighted by atomic mass is 14.9. The molecule has 0 aromatic heterocycles. The minimum atomic E-state index is 0.640. The average molecular weight is 217 g/mol. The molecule has 1 saturated carbocycles. The van der Waals surface area contributed by atoms with E-state index in [4.69, 9.17) is 0 Å². The molecule has 1 nitrogen and oxygen atoms in total. The summed E-state index contributed by atoms with van der Waals surface area (Å²) in [6.07, 6.45) is 6.60. The predicted molar refractivity (Wildman–Crippen MR) is 70.9 cm³/mol. The van der Waals surface area contributed by atoms with Gasteiger partial charge in [0.25, 0.3) is 0 Å². The summed E-state index contributed by atoms with van der Waals surface area (Å²) >= 11 is 0. The summed E-state index contributed by atoms with van der Waals surface area (Å²) < 4.78 is 0. The van der Waals surface area contributed by atoms with Gasteiger partial charge in [-0.1, -0.05) is 25.5 Å². The summed E-state index contributed by atoms with van der Waals surface area (Å²) in [5, 5.41) is 3.59. The molecule has 2 rings (SSSR count). The van der Waals surface area contributed by atoms with Crippen LogP contribution in [-0.2, 0) is 6.42 Å². The molecule has 0 bridgehead atoms. The van der Waals surface area contributed by atoms with Crippen molar-refractivity contribution in [2.75, 3.05) is 5.32 Å². The standard InChI is InChI=1S/C15H23N/c1-3-4-5-13-6-10-15(11-7-13)16-12(2)14-8-9-14/h6-7,10-12,14,16H,3-5,8-9H2,1-2H3. The summed E-state index contributed by atoms with van der Waals surface area (Å²) in [7, 11) is 0. The minimum absolute atomic E-state index is 0.640. The van der Waals surface area contributed by atoms with E-state index < -0.39 is 0 Å². The number of hydrogen-bond acceptors (Lipinski definition) is 1. The molecule has 1 aliphatic carbocycles. The van der Waals surface area contributed by atoms with Gasteiger partial charge in [0.15, 0.2) is 0 Å². The van der Waals surface area contributed by atoms with Crippen molar-refractivity contribution >= 4 is 5.69 Å². The third kappa shape index (κ3) is 3.26. The maximum absolute atomic E-state index is 3.59. The summed E-state index contributed by atoms with van der Waals surface area (Å²) in [4.78, 5) is 0. The van der Waals surface area contributed by atoms with Gasteiger partial charge in [0.1, 0.15) is 0 Å². The van der Waals surface area contributed by atoms with E-state index in [2.05, 4.69) is 43.4 Å². The van der Waals surface area contributed by atoms with Crippen LogP contribution >= 0.6 is 0 Å². The smallest absolute Gasteiger partial charge is 0.0342 e. The lowest BCUT2D eigenvalue weighted by Crippen LogP contribution is -2.16. The summed E-state index contributed by atoms with van der Waals surface area (Å²) in [6.45, 7) is 4.54. The van der Waals surface area contributed by atoms with Crippen molar-refractivity contribution in [3.63, 3.8) is 0 Å². The Hall–Kier alpha value is -0.980. The first-order valence-electron chi connectivity index (χ1n) is 6.65. The average Bonchev–Trinajstić information content (AvgIpc) is 3.12. The van der Waals surface area contributed by atoms with Gasteiger partial charge in [-0.2, -0.15) is 0 Å². The second kappa shape index (κ2) is 5.38. The number of anilines is 1. The molecule has 88 valence electrons. The number of hydrogen-bond donors (Lipinski definition) is 1. The van der Waals surface area contributed by atoms with Crippen molar-refractivity contribution in [3.8, 4) is 0 Å². The van der Waals surface area contributed by atoms with Crippen LogP contribution in [-0.4, -0.2) is 6.04 Å². The molecule has 1 unspecified atom stereocenters. The fourth-order valence-corrected chi connectivity index (χ4v) is 2.13. The number of nitrogens with one attached hydrogen (secondary N) is 1. The third-order valence-electron chi connectivity index (χ3n) is 3.50. The lowest BCUT2D eigenvalue weighted by Gasteiger charge is -2.14. The molecule has 1 N–H and O–H groups in total. The van der Waals surface area contributed by atoms with Gasteiger partial charge >= 0.3 is 0 Å². The summed E-state index contributed by atoms with van der Waals surface area (Å²) in [5.74, 6) is 0.916. The van der Waals surface area contributed by atoms with E-state index in [1.807, 2.05) is 0 Å². The van der Waals surface area contributed by atoms with E-state index in [-0.39, 0.29) is 0 Å². The van der Waals surface area contributed by atoms with Gasteiger partial charge < -0.3 is 5.32 Å². The molecule has 1 aromatic rings. The highest BCUT2D eigenvalue weighted by Gasteiger charge is 2.27. The minimum Gasteiger partial charge on any atom is -0.382 e. The first-order valence-corrected chi connectivity index (χ1v) is 6.65. The van der Waals surface area contributed by atoms with Gasteiger partial charge in [-0.25, -0.2) is 0 Å². The molecular weight excluding hydrogens is 194 g/mol. The van der Waals surface area contributed by atoms with Crippen LogP contribution in [0.25, 0.3) is 0 Å². The maximum atomic E-state index is 3.59. The van der Waals surface area contributed by atoms with Crippen LogP contribution in [0.15, 0.2) is 24.3 Å². The quantitative estimate of drug-likeness (QED) is 0.751. The molecule has 1 aliphatic rings. The predicted octanol–water partition coefficient (Wildman–Crippen LogP) is 4.24. The molecule has 1 heteroatoms. The Labute approximate surface area is 99.3 Å². The van der Waals surface area contributed by atoms with Gasteiger partial charge in [0.2, 0.25) is 0 Å². The molecule has 1 atom stereocenters. The van der Waals surface area contributed by atoms with Crippen LogP contribution in [0.4, 0.5) is 5.69 Å². The fraction of sp³-hybridized carbons (Fsp3) is 0.600. The van der Waals surface area contributed by atoms with E-state index in [1.54, 1.807) is 0 Å². The second-order valence-electron chi connectivity index (χ2n) is 5.07. The zero-order valence-electron chi connectivity index (χ0n) is 10.5. The normalized spacial score (nSPS) is 17.1. The van der Waals surface area contributed by atoms with Gasteiger partial charge in [0.05, 0.1) is 0 Å². The topological polar surface area (TPSA) is 12.0 Å². The van der Waals surface area contributed by atoms with Crippen LogP contribution in [0.5, 0.6) is 0 Å². The van der Waals surface area contributed by atoms with Crippen LogP contribution in [0.2, 0.25) is 0 Å². The highest BCUT2D eigenvalue weighted by Crippen LogP contribution is 2.33. The Morgan fingerprint density at radius 3 is 2.50 bits per heavy atom. The Morgan fingerprint density at radius 1 is 1.25 bits per heavy atom. The summed E-state index contributed by atoms with van der Waals surface area (Å²) in [6, 6.07) is 9.62. The zero-order valence-corrected chi connectivity index (χ0v) is 10.5. The number of aryl methyl sites for hydroxylation is 1. The van der Waals surface area contributed by atoms with E-state index in [0.29, 0.717) is 6.04 Å². The molecule has 0 heterocycles. The Kier molecular flexibility index (Phi) is 3.87. The molecule has 0 aliphatic heterocycles.